The van der Waals surface area contributed by atoms with E-state index < -0.39 is 0 Å². The second kappa shape index (κ2) is 4.77. The molecule has 0 saturated carbocycles. The summed E-state index contributed by atoms with van der Waals surface area (Å²) in [6.07, 6.45) is 3.72. The molecule has 0 saturated heterocycles. The second-order valence-electron chi connectivity index (χ2n) is 3.21. The summed E-state index contributed by atoms with van der Waals surface area (Å²) in [6.45, 7) is 5.82. The van der Waals surface area contributed by atoms with Gasteiger partial charge in [-0.1, -0.05) is 11.6 Å². The molecule has 0 bridgehead atoms. The van der Waals surface area contributed by atoms with Crippen molar-refractivity contribution in [3.63, 3.8) is 0 Å². The van der Waals surface area contributed by atoms with Gasteiger partial charge < -0.3 is 5.32 Å². The lowest BCUT2D eigenvalue weighted by Gasteiger charge is -2.00. The van der Waals surface area contributed by atoms with E-state index in [0.717, 1.165) is 18.9 Å². The summed E-state index contributed by atoms with van der Waals surface area (Å²) in [6, 6.07) is 0. The van der Waals surface area contributed by atoms with Crippen LogP contribution in [0.4, 0.5) is 0 Å². The van der Waals surface area contributed by atoms with Crippen molar-refractivity contribution in [2.75, 3.05) is 6.54 Å². The molecule has 1 aromatic heterocycles. The predicted octanol–water partition coefficient (Wildman–Crippen LogP) is 0.871. The van der Waals surface area contributed by atoms with Crippen LogP contribution in [0.1, 0.15) is 19.7 Å². The number of aromatic nitrogens is 3. The molecule has 1 heterocycles. The monoisotopic (exact) mass is 180 g/mol. The lowest BCUT2D eigenvalue weighted by molar-refractivity contribution is 0.641. The van der Waals surface area contributed by atoms with E-state index >= 15 is 0 Å². The molecule has 0 spiro atoms. The molecule has 4 heteroatoms. The highest BCUT2D eigenvalue weighted by atomic mass is 15.3. The van der Waals surface area contributed by atoms with Gasteiger partial charge in [0.2, 0.25) is 0 Å². The van der Waals surface area contributed by atoms with E-state index in [4.69, 9.17) is 0 Å². The Morgan fingerprint density at radius 1 is 1.62 bits per heavy atom. The summed E-state index contributed by atoms with van der Waals surface area (Å²) in [7, 11) is 1.89. The lowest BCUT2D eigenvalue weighted by Crippen LogP contribution is -2.16. The van der Waals surface area contributed by atoms with Crippen molar-refractivity contribution in [1.82, 2.24) is 20.1 Å². The van der Waals surface area contributed by atoms with Gasteiger partial charge in [-0.3, -0.25) is 4.68 Å². The molecule has 0 radical (unpaired) electrons. The first-order valence-electron chi connectivity index (χ1n) is 4.37. The van der Waals surface area contributed by atoms with Gasteiger partial charge in [0.1, 0.15) is 12.2 Å². The first-order chi connectivity index (χ1) is 6.20. The summed E-state index contributed by atoms with van der Waals surface area (Å²) >= 11 is 0. The molecule has 0 amide bonds. The SMILES string of the molecule is CC(C)=CCNCc1ncnn1C. The number of rotatable bonds is 4. The molecule has 0 aromatic carbocycles. The molecule has 0 atom stereocenters. The molecular formula is C9H16N4. The maximum Gasteiger partial charge on any atom is 0.140 e. The molecule has 0 aliphatic rings. The quantitative estimate of drug-likeness (QED) is 0.552. The van der Waals surface area contributed by atoms with E-state index in [9.17, 15) is 0 Å². The Kier molecular flexibility index (Phi) is 3.64. The molecular weight excluding hydrogens is 164 g/mol. The fraction of sp³-hybridized carbons (Fsp3) is 0.556. The molecule has 4 nitrogen and oxygen atoms in total. The topological polar surface area (TPSA) is 42.7 Å². The minimum Gasteiger partial charge on any atom is -0.306 e. The zero-order valence-electron chi connectivity index (χ0n) is 8.41. The Morgan fingerprint density at radius 2 is 2.38 bits per heavy atom. The standard InChI is InChI=1S/C9H16N4/c1-8(2)4-5-10-6-9-11-7-12-13(9)3/h4,7,10H,5-6H2,1-3H3. The number of nitrogens with zero attached hydrogens (tertiary/aromatic N) is 3. The summed E-state index contributed by atoms with van der Waals surface area (Å²) < 4.78 is 1.77. The third-order valence-corrected chi connectivity index (χ3v) is 1.74. The smallest absolute Gasteiger partial charge is 0.140 e. The highest BCUT2D eigenvalue weighted by Gasteiger charge is 1.96. The van der Waals surface area contributed by atoms with Crippen LogP contribution in [0.5, 0.6) is 0 Å². The Hall–Kier alpha value is -1.16. The maximum absolute atomic E-state index is 4.10. The molecule has 1 N–H and O–H groups in total. The van der Waals surface area contributed by atoms with Gasteiger partial charge in [-0.25, -0.2) is 4.98 Å². The zero-order valence-corrected chi connectivity index (χ0v) is 8.41. The highest BCUT2D eigenvalue weighted by Crippen LogP contribution is 1.90. The van der Waals surface area contributed by atoms with Crippen molar-refractivity contribution in [3.05, 3.63) is 23.8 Å². The van der Waals surface area contributed by atoms with E-state index in [1.165, 1.54) is 5.57 Å². The van der Waals surface area contributed by atoms with Crippen molar-refractivity contribution < 1.29 is 0 Å². The molecule has 0 aliphatic carbocycles. The third kappa shape index (κ3) is 3.38. The first-order valence-corrected chi connectivity index (χ1v) is 4.37. The highest BCUT2D eigenvalue weighted by molar-refractivity contribution is 4.95. The minimum absolute atomic E-state index is 0.764. The average molecular weight is 180 g/mol. The van der Waals surface area contributed by atoms with Crippen LogP contribution in [0.15, 0.2) is 18.0 Å². The average Bonchev–Trinajstić information content (AvgIpc) is 2.45. The van der Waals surface area contributed by atoms with Crippen LogP contribution in [0, 0.1) is 0 Å². The number of hydrogen-bond donors (Lipinski definition) is 1. The summed E-state index contributed by atoms with van der Waals surface area (Å²) in [5, 5.41) is 7.24. The number of nitrogens with one attached hydrogen (secondary N) is 1. The van der Waals surface area contributed by atoms with Crippen molar-refractivity contribution >= 4 is 0 Å². The Morgan fingerprint density at radius 3 is 2.92 bits per heavy atom. The van der Waals surface area contributed by atoms with E-state index in [1.807, 2.05) is 7.05 Å². The Labute approximate surface area is 78.7 Å². The van der Waals surface area contributed by atoms with E-state index in [1.54, 1.807) is 11.0 Å². The van der Waals surface area contributed by atoms with Gasteiger partial charge in [0.15, 0.2) is 0 Å². The fourth-order valence-corrected chi connectivity index (χ4v) is 0.940. The first kappa shape index (κ1) is 9.92. The summed E-state index contributed by atoms with van der Waals surface area (Å²) in [4.78, 5) is 4.10. The molecule has 72 valence electrons. The van der Waals surface area contributed by atoms with E-state index in [-0.39, 0.29) is 0 Å². The van der Waals surface area contributed by atoms with Gasteiger partial charge in [0.05, 0.1) is 6.54 Å². The largest absolute Gasteiger partial charge is 0.306 e. The van der Waals surface area contributed by atoms with Crippen molar-refractivity contribution in [2.45, 2.75) is 20.4 Å². The lowest BCUT2D eigenvalue weighted by atomic mass is 10.3. The molecule has 13 heavy (non-hydrogen) atoms. The van der Waals surface area contributed by atoms with Crippen LogP contribution in [-0.4, -0.2) is 21.3 Å². The minimum atomic E-state index is 0.764. The molecule has 1 rings (SSSR count). The third-order valence-electron chi connectivity index (χ3n) is 1.74. The van der Waals surface area contributed by atoms with Gasteiger partial charge in [0, 0.05) is 13.6 Å². The molecule has 1 aromatic rings. The van der Waals surface area contributed by atoms with Crippen LogP contribution in [0.2, 0.25) is 0 Å². The molecule has 0 aliphatic heterocycles. The van der Waals surface area contributed by atoms with Gasteiger partial charge in [0.25, 0.3) is 0 Å². The van der Waals surface area contributed by atoms with Crippen LogP contribution in [-0.2, 0) is 13.6 Å². The maximum atomic E-state index is 4.10. The Bertz CT molecular complexity index is 284. The van der Waals surface area contributed by atoms with Crippen LogP contribution in [0.25, 0.3) is 0 Å². The zero-order chi connectivity index (χ0) is 9.68. The van der Waals surface area contributed by atoms with Crippen LogP contribution in [0.3, 0.4) is 0 Å². The number of hydrogen-bond acceptors (Lipinski definition) is 3. The van der Waals surface area contributed by atoms with E-state index in [2.05, 4.69) is 35.3 Å². The van der Waals surface area contributed by atoms with E-state index in [0.29, 0.717) is 0 Å². The summed E-state index contributed by atoms with van der Waals surface area (Å²) in [5.74, 6) is 0.960. The van der Waals surface area contributed by atoms with Gasteiger partial charge in [-0.05, 0) is 13.8 Å². The summed E-state index contributed by atoms with van der Waals surface area (Å²) in [5.41, 5.74) is 1.32. The van der Waals surface area contributed by atoms with Crippen molar-refractivity contribution in [1.29, 1.82) is 0 Å². The van der Waals surface area contributed by atoms with Crippen LogP contribution >= 0.6 is 0 Å². The Balaban J connectivity index is 2.28. The molecule has 0 fully saturated rings. The number of allylic oxidation sites excluding steroid dienone is 1. The second-order valence-corrected chi connectivity index (χ2v) is 3.21. The number of aryl methyl sites for hydroxylation is 1. The van der Waals surface area contributed by atoms with Crippen molar-refractivity contribution in [3.8, 4) is 0 Å². The van der Waals surface area contributed by atoms with Gasteiger partial charge >= 0.3 is 0 Å². The van der Waals surface area contributed by atoms with Crippen LogP contribution < -0.4 is 5.32 Å². The normalized spacial score (nSPS) is 10.1. The van der Waals surface area contributed by atoms with Gasteiger partial charge in [-0.15, -0.1) is 0 Å². The predicted molar refractivity (Wildman–Crippen MR) is 52.1 cm³/mol. The fourth-order valence-electron chi connectivity index (χ4n) is 0.940. The van der Waals surface area contributed by atoms with Crippen molar-refractivity contribution in [2.24, 2.45) is 7.05 Å². The van der Waals surface area contributed by atoms with Gasteiger partial charge in [-0.2, -0.15) is 5.10 Å². The molecule has 0 unspecified atom stereocenters.